The van der Waals surface area contributed by atoms with Crippen molar-refractivity contribution in [3.63, 3.8) is 0 Å². The monoisotopic (exact) mass is 490 g/mol. The molecule has 182 valence electrons. The van der Waals surface area contributed by atoms with Crippen LogP contribution >= 0.6 is 11.6 Å². The first kappa shape index (κ1) is 26.5. The maximum atomic E-state index is 12.2. The molecule has 0 heterocycles. The second-order valence-electron chi connectivity index (χ2n) is 7.05. The Balaban J connectivity index is 1.82. The molecule has 2 rings (SSSR count). The molecule has 10 nitrogen and oxygen atoms in total. The van der Waals surface area contributed by atoms with Crippen LogP contribution in [-0.4, -0.2) is 51.3 Å². The van der Waals surface area contributed by atoms with Gasteiger partial charge in [-0.15, -0.1) is 0 Å². The molecule has 0 aromatic heterocycles. The SMILES string of the molecule is COc1ccc(CCNC(=O)C/C(C)=N/NC(=O)C(=O)Nc2cc(OC)c(Cl)cc2OC)cc1. The molecule has 0 fully saturated rings. The Hall–Kier alpha value is -3.79. The zero-order valence-corrected chi connectivity index (χ0v) is 20.1. The predicted octanol–water partition coefficient (Wildman–Crippen LogP) is 2.55. The first-order chi connectivity index (χ1) is 16.3. The fraction of sp³-hybridized carbons (Fsp3) is 0.304. The van der Waals surface area contributed by atoms with Gasteiger partial charge in [-0.3, -0.25) is 14.4 Å². The van der Waals surface area contributed by atoms with Gasteiger partial charge in [0, 0.05) is 24.4 Å². The number of methoxy groups -OCH3 is 3. The van der Waals surface area contributed by atoms with E-state index in [4.69, 9.17) is 25.8 Å². The summed E-state index contributed by atoms with van der Waals surface area (Å²) in [6, 6.07) is 10.4. The van der Waals surface area contributed by atoms with E-state index < -0.39 is 11.8 Å². The van der Waals surface area contributed by atoms with Crippen molar-refractivity contribution in [1.82, 2.24) is 10.7 Å². The number of ether oxygens (including phenoxy) is 3. The standard InChI is InChI=1S/C23H27ClN4O6/c1-14(11-21(29)25-10-9-15-5-7-16(32-2)8-6-15)27-28-23(31)22(30)26-18-13-19(33-3)17(24)12-20(18)34-4/h5-8,12-13H,9-11H2,1-4H3,(H,25,29)(H,26,30)(H,28,31)/b27-14+. The highest BCUT2D eigenvalue weighted by Crippen LogP contribution is 2.35. The van der Waals surface area contributed by atoms with Gasteiger partial charge in [-0.25, -0.2) is 5.43 Å². The smallest absolute Gasteiger partial charge is 0.329 e. The van der Waals surface area contributed by atoms with Crippen molar-refractivity contribution in [3.8, 4) is 17.2 Å². The number of hydrogen-bond acceptors (Lipinski definition) is 7. The van der Waals surface area contributed by atoms with Crippen LogP contribution in [-0.2, 0) is 20.8 Å². The van der Waals surface area contributed by atoms with Gasteiger partial charge in [-0.1, -0.05) is 23.7 Å². The van der Waals surface area contributed by atoms with Crippen LogP contribution in [0, 0.1) is 0 Å². The molecule has 0 atom stereocenters. The van der Waals surface area contributed by atoms with E-state index in [2.05, 4.69) is 21.2 Å². The number of hydrogen-bond donors (Lipinski definition) is 3. The summed E-state index contributed by atoms with van der Waals surface area (Å²) in [4.78, 5) is 36.4. The van der Waals surface area contributed by atoms with E-state index in [-0.39, 0.29) is 28.8 Å². The lowest BCUT2D eigenvalue weighted by Gasteiger charge is -2.12. The van der Waals surface area contributed by atoms with Crippen LogP contribution in [0.25, 0.3) is 0 Å². The first-order valence-electron chi connectivity index (χ1n) is 10.2. The number of halogens is 1. The van der Waals surface area contributed by atoms with Crippen molar-refractivity contribution in [2.24, 2.45) is 5.10 Å². The zero-order chi connectivity index (χ0) is 25.1. The average Bonchev–Trinajstić information content (AvgIpc) is 2.83. The predicted molar refractivity (Wildman–Crippen MR) is 129 cm³/mol. The van der Waals surface area contributed by atoms with E-state index in [1.165, 1.54) is 26.4 Å². The normalized spacial score (nSPS) is 10.8. The minimum Gasteiger partial charge on any atom is -0.497 e. The summed E-state index contributed by atoms with van der Waals surface area (Å²) in [7, 11) is 4.41. The first-order valence-corrected chi connectivity index (χ1v) is 10.6. The number of hydrazone groups is 1. The molecule has 3 amide bonds. The lowest BCUT2D eigenvalue weighted by molar-refractivity contribution is -0.136. The minimum atomic E-state index is -1.02. The number of amides is 3. The lowest BCUT2D eigenvalue weighted by Crippen LogP contribution is -2.33. The minimum absolute atomic E-state index is 0.0350. The molecule has 0 aliphatic heterocycles. The highest BCUT2D eigenvalue weighted by molar-refractivity contribution is 6.40. The molecule has 2 aromatic carbocycles. The van der Waals surface area contributed by atoms with Crippen molar-refractivity contribution >= 4 is 40.7 Å². The molecular weight excluding hydrogens is 464 g/mol. The Kier molecular flexibility index (Phi) is 10.2. The van der Waals surface area contributed by atoms with Gasteiger partial charge in [0.25, 0.3) is 0 Å². The molecule has 0 saturated heterocycles. The molecule has 0 radical (unpaired) electrons. The third kappa shape index (κ3) is 7.96. The number of anilines is 1. The summed E-state index contributed by atoms with van der Waals surface area (Å²) < 4.78 is 15.4. The molecule has 0 spiro atoms. The Bertz CT molecular complexity index is 1060. The van der Waals surface area contributed by atoms with Crippen molar-refractivity contribution in [2.75, 3.05) is 33.2 Å². The number of rotatable bonds is 10. The third-order valence-electron chi connectivity index (χ3n) is 4.59. The van der Waals surface area contributed by atoms with E-state index in [0.29, 0.717) is 24.4 Å². The van der Waals surface area contributed by atoms with E-state index in [9.17, 15) is 14.4 Å². The van der Waals surface area contributed by atoms with Gasteiger partial charge in [0.1, 0.15) is 17.2 Å². The van der Waals surface area contributed by atoms with Crippen molar-refractivity contribution in [3.05, 3.63) is 47.0 Å². The Labute approximate surface area is 202 Å². The maximum absolute atomic E-state index is 12.2. The second-order valence-corrected chi connectivity index (χ2v) is 7.46. The van der Waals surface area contributed by atoms with Crippen LogP contribution in [0.15, 0.2) is 41.5 Å². The van der Waals surface area contributed by atoms with Crippen LogP contribution < -0.4 is 30.3 Å². The quantitative estimate of drug-likeness (QED) is 0.267. The van der Waals surface area contributed by atoms with Gasteiger partial charge in [0.05, 0.1) is 38.5 Å². The summed E-state index contributed by atoms with van der Waals surface area (Å²) in [5, 5.41) is 9.28. The number of carbonyl (C=O) groups excluding carboxylic acids is 3. The van der Waals surface area contributed by atoms with Gasteiger partial charge in [0.2, 0.25) is 5.91 Å². The molecule has 2 aromatic rings. The molecule has 0 aliphatic carbocycles. The summed E-state index contributed by atoms with van der Waals surface area (Å²) >= 11 is 6.03. The molecule has 34 heavy (non-hydrogen) atoms. The van der Waals surface area contributed by atoms with Crippen molar-refractivity contribution in [1.29, 1.82) is 0 Å². The number of nitrogens with zero attached hydrogens (tertiary/aromatic N) is 1. The van der Waals surface area contributed by atoms with E-state index >= 15 is 0 Å². The average molecular weight is 491 g/mol. The van der Waals surface area contributed by atoms with Gasteiger partial charge in [-0.2, -0.15) is 5.10 Å². The topological polar surface area (TPSA) is 127 Å². The number of benzene rings is 2. The van der Waals surface area contributed by atoms with Crippen molar-refractivity contribution in [2.45, 2.75) is 19.8 Å². The van der Waals surface area contributed by atoms with Crippen LogP contribution in [0.4, 0.5) is 5.69 Å². The van der Waals surface area contributed by atoms with E-state index in [0.717, 1.165) is 11.3 Å². The highest BCUT2D eigenvalue weighted by atomic mass is 35.5. The molecule has 0 unspecified atom stereocenters. The van der Waals surface area contributed by atoms with Gasteiger partial charge in [-0.05, 0) is 31.0 Å². The van der Waals surface area contributed by atoms with Gasteiger partial charge in [0.15, 0.2) is 0 Å². The lowest BCUT2D eigenvalue weighted by atomic mass is 10.1. The van der Waals surface area contributed by atoms with Gasteiger partial charge >= 0.3 is 11.8 Å². The summed E-state index contributed by atoms with van der Waals surface area (Å²) in [6.45, 7) is 2.01. The molecule has 11 heteroatoms. The van der Waals surface area contributed by atoms with Crippen LogP contribution in [0.2, 0.25) is 5.02 Å². The molecule has 0 bridgehead atoms. The van der Waals surface area contributed by atoms with Gasteiger partial charge < -0.3 is 24.8 Å². The zero-order valence-electron chi connectivity index (χ0n) is 19.4. The largest absolute Gasteiger partial charge is 0.497 e. The summed E-state index contributed by atoms with van der Waals surface area (Å²) in [5.74, 6) is -0.949. The number of carbonyl (C=O) groups is 3. The van der Waals surface area contributed by atoms with Crippen LogP contribution in [0.3, 0.4) is 0 Å². The van der Waals surface area contributed by atoms with E-state index in [1.807, 2.05) is 24.3 Å². The summed E-state index contributed by atoms with van der Waals surface area (Å²) in [6.07, 6.45) is 0.620. The highest BCUT2D eigenvalue weighted by Gasteiger charge is 2.18. The van der Waals surface area contributed by atoms with Crippen molar-refractivity contribution < 1.29 is 28.6 Å². The fourth-order valence-corrected chi connectivity index (χ4v) is 3.04. The number of nitrogens with one attached hydrogen (secondary N) is 3. The summed E-state index contributed by atoms with van der Waals surface area (Å²) in [5.41, 5.74) is 3.70. The van der Waals surface area contributed by atoms with Crippen LogP contribution in [0.5, 0.6) is 17.2 Å². The Morgan fingerprint density at radius 3 is 2.24 bits per heavy atom. The Morgan fingerprint density at radius 2 is 1.62 bits per heavy atom. The maximum Gasteiger partial charge on any atom is 0.329 e. The van der Waals surface area contributed by atoms with Crippen LogP contribution in [0.1, 0.15) is 18.9 Å². The Morgan fingerprint density at radius 1 is 0.941 bits per heavy atom. The molecule has 3 N–H and O–H groups in total. The van der Waals surface area contributed by atoms with E-state index in [1.54, 1.807) is 14.0 Å². The fourth-order valence-electron chi connectivity index (χ4n) is 2.81. The molecule has 0 aliphatic rings. The molecule has 0 saturated carbocycles. The third-order valence-corrected chi connectivity index (χ3v) is 4.88. The second kappa shape index (κ2) is 13.0. The molecular formula is C23H27ClN4O6.